The zero-order valence-electron chi connectivity index (χ0n) is 11.4. The molecule has 0 radical (unpaired) electrons. The van der Waals surface area contributed by atoms with Gasteiger partial charge >= 0.3 is 5.97 Å². The molecule has 0 saturated heterocycles. The smallest absolute Gasteiger partial charge is 0.336 e. The first kappa shape index (κ1) is 15.0. The summed E-state index contributed by atoms with van der Waals surface area (Å²) in [7, 11) is 0. The number of nitrogens with one attached hydrogen (secondary N) is 1. The fourth-order valence-electron chi connectivity index (χ4n) is 1.61. The second-order valence-corrected chi connectivity index (χ2v) is 4.28. The molecule has 1 aromatic rings. The average molecular weight is 265 g/mol. The molecule has 0 saturated carbocycles. The maximum atomic E-state index is 11.7. The lowest BCUT2D eigenvalue weighted by molar-refractivity contribution is -0.127. The number of benzene rings is 1. The zero-order valence-corrected chi connectivity index (χ0v) is 11.4. The van der Waals surface area contributed by atoms with E-state index in [1.165, 1.54) is 6.07 Å². The van der Waals surface area contributed by atoms with E-state index in [4.69, 9.17) is 9.84 Å². The third-order valence-electron chi connectivity index (χ3n) is 2.74. The Bertz CT molecular complexity index is 471. The SMILES string of the molecule is CCCNC(=O)C(C)Oc1cccc(C(=O)O)c1C. The van der Waals surface area contributed by atoms with Crippen LogP contribution in [-0.4, -0.2) is 29.6 Å². The number of ether oxygens (including phenoxy) is 1. The van der Waals surface area contributed by atoms with Gasteiger partial charge in [0.15, 0.2) is 6.10 Å². The molecule has 0 spiro atoms. The molecular weight excluding hydrogens is 246 g/mol. The summed E-state index contributed by atoms with van der Waals surface area (Å²) >= 11 is 0. The van der Waals surface area contributed by atoms with E-state index in [1.807, 2.05) is 6.92 Å². The second kappa shape index (κ2) is 6.78. The highest BCUT2D eigenvalue weighted by molar-refractivity contribution is 5.90. The lowest BCUT2D eigenvalue weighted by Crippen LogP contribution is -2.36. The van der Waals surface area contributed by atoms with Crippen LogP contribution >= 0.6 is 0 Å². The Hall–Kier alpha value is -2.04. The van der Waals surface area contributed by atoms with Gasteiger partial charge in [-0.25, -0.2) is 4.79 Å². The highest BCUT2D eigenvalue weighted by atomic mass is 16.5. The first-order chi connectivity index (χ1) is 8.97. The Morgan fingerprint density at radius 2 is 2.11 bits per heavy atom. The predicted molar refractivity (Wildman–Crippen MR) is 71.5 cm³/mol. The van der Waals surface area contributed by atoms with Gasteiger partial charge in [-0.3, -0.25) is 4.79 Å². The molecule has 1 aromatic carbocycles. The highest BCUT2D eigenvalue weighted by Gasteiger charge is 2.17. The predicted octanol–water partition coefficient (Wildman–Crippen LogP) is 1.99. The van der Waals surface area contributed by atoms with Gasteiger partial charge in [-0.2, -0.15) is 0 Å². The summed E-state index contributed by atoms with van der Waals surface area (Å²) in [4.78, 5) is 22.7. The minimum atomic E-state index is -1.01. The summed E-state index contributed by atoms with van der Waals surface area (Å²) in [6.45, 7) is 5.86. The Kier molecular flexibility index (Phi) is 5.36. The first-order valence-electron chi connectivity index (χ1n) is 6.24. The van der Waals surface area contributed by atoms with E-state index in [-0.39, 0.29) is 11.5 Å². The van der Waals surface area contributed by atoms with E-state index in [1.54, 1.807) is 26.0 Å². The number of carboxylic acid groups (broad SMARTS) is 1. The number of hydrogen-bond donors (Lipinski definition) is 2. The minimum Gasteiger partial charge on any atom is -0.481 e. The van der Waals surface area contributed by atoms with Crippen molar-refractivity contribution in [1.82, 2.24) is 5.32 Å². The van der Waals surface area contributed by atoms with Gasteiger partial charge in [0.1, 0.15) is 5.75 Å². The van der Waals surface area contributed by atoms with Gasteiger partial charge in [-0.05, 0) is 32.4 Å². The van der Waals surface area contributed by atoms with E-state index in [0.29, 0.717) is 17.9 Å². The van der Waals surface area contributed by atoms with Crippen LogP contribution in [0.2, 0.25) is 0 Å². The van der Waals surface area contributed by atoms with Gasteiger partial charge in [-0.1, -0.05) is 13.0 Å². The summed E-state index contributed by atoms with van der Waals surface area (Å²) < 4.78 is 5.52. The van der Waals surface area contributed by atoms with Gasteiger partial charge in [0.05, 0.1) is 5.56 Å². The van der Waals surface area contributed by atoms with Crippen molar-refractivity contribution < 1.29 is 19.4 Å². The molecule has 0 aliphatic carbocycles. The highest BCUT2D eigenvalue weighted by Crippen LogP contribution is 2.22. The Balaban J connectivity index is 2.79. The van der Waals surface area contributed by atoms with Crippen LogP contribution in [0.1, 0.15) is 36.2 Å². The molecule has 0 aromatic heterocycles. The summed E-state index contributed by atoms with van der Waals surface area (Å²) in [6.07, 6.45) is 0.195. The van der Waals surface area contributed by atoms with E-state index in [9.17, 15) is 9.59 Å². The van der Waals surface area contributed by atoms with Gasteiger partial charge in [-0.15, -0.1) is 0 Å². The van der Waals surface area contributed by atoms with E-state index < -0.39 is 12.1 Å². The molecule has 0 aliphatic rings. The van der Waals surface area contributed by atoms with Crippen LogP contribution in [0.5, 0.6) is 5.75 Å². The lowest BCUT2D eigenvalue weighted by atomic mass is 10.1. The summed E-state index contributed by atoms with van der Waals surface area (Å²) in [5.74, 6) is -0.799. The monoisotopic (exact) mass is 265 g/mol. The lowest BCUT2D eigenvalue weighted by Gasteiger charge is -2.16. The van der Waals surface area contributed by atoms with Crippen molar-refractivity contribution in [2.24, 2.45) is 0 Å². The number of carbonyl (C=O) groups is 2. The summed E-state index contributed by atoms with van der Waals surface area (Å²) in [5, 5.41) is 11.7. The number of rotatable bonds is 6. The first-order valence-corrected chi connectivity index (χ1v) is 6.24. The van der Waals surface area contributed by atoms with Crippen molar-refractivity contribution in [3.8, 4) is 5.75 Å². The van der Waals surface area contributed by atoms with Gasteiger partial charge < -0.3 is 15.2 Å². The topological polar surface area (TPSA) is 75.6 Å². The van der Waals surface area contributed by atoms with Gasteiger partial charge in [0.25, 0.3) is 5.91 Å². The van der Waals surface area contributed by atoms with Crippen LogP contribution in [-0.2, 0) is 4.79 Å². The normalized spacial score (nSPS) is 11.7. The Morgan fingerprint density at radius 3 is 2.68 bits per heavy atom. The molecular formula is C14H19NO4. The number of amides is 1. The number of aromatic carboxylic acids is 1. The minimum absolute atomic E-state index is 0.179. The third kappa shape index (κ3) is 3.98. The van der Waals surface area contributed by atoms with Crippen molar-refractivity contribution in [1.29, 1.82) is 0 Å². The third-order valence-corrected chi connectivity index (χ3v) is 2.74. The van der Waals surface area contributed by atoms with Crippen LogP contribution in [0.3, 0.4) is 0 Å². The fourth-order valence-corrected chi connectivity index (χ4v) is 1.61. The van der Waals surface area contributed by atoms with Crippen LogP contribution in [0.15, 0.2) is 18.2 Å². The van der Waals surface area contributed by atoms with Crippen LogP contribution in [0.4, 0.5) is 0 Å². The molecule has 5 nitrogen and oxygen atoms in total. The maximum absolute atomic E-state index is 11.7. The number of carboxylic acids is 1. The van der Waals surface area contributed by atoms with E-state index in [2.05, 4.69) is 5.32 Å². The number of hydrogen-bond acceptors (Lipinski definition) is 3. The molecule has 1 amide bonds. The van der Waals surface area contributed by atoms with Crippen molar-refractivity contribution in [2.75, 3.05) is 6.54 Å². The summed E-state index contributed by atoms with van der Waals surface area (Å²) in [5.41, 5.74) is 0.698. The zero-order chi connectivity index (χ0) is 14.4. The van der Waals surface area contributed by atoms with Crippen LogP contribution in [0, 0.1) is 6.92 Å². The summed E-state index contributed by atoms with van der Waals surface area (Å²) in [6, 6.07) is 4.76. The molecule has 2 N–H and O–H groups in total. The molecule has 1 unspecified atom stereocenters. The van der Waals surface area contributed by atoms with Crippen LogP contribution in [0.25, 0.3) is 0 Å². The van der Waals surface area contributed by atoms with Crippen molar-refractivity contribution >= 4 is 11.9 Å². The van der Waals surface area contributed by atoms with Crippen molar-refractivity contribution in [2.45, 2.75) is 33.3 Å². The molecule has 0 bridgehead atoms. The fraction of sp³-hybridized carbons (Fsp3) is 0.429. The Labute approximate surface area is 112 Å². The Morgan fingerprint density at radius 1 is 1.42 bits per heavy atom. The molecule has 104 valence electrons. The largest absolute Gasteiger partial charge is 0.481 e. The molecule has 0 aliphatic heterocycles. The molecule has 5 heteroatoms. The second-order valence-electron chi connectivity index (χ2n) is 4.28. The molecule has 0 fully saturated rings. The molecule has 0 heterocycles. The average Bonchev–Trinajstić information content (AvgIpc) is 2.37. The maximum Gasteiger partial charge on any atom is 0.336 e. The number of carbonyl (C=O) groups excluding carboxylic acids is 1. The van der Waals surface area contributed by atoms with Gasteiger partial charge in [0.2, 0.25) is 0 Å². The standard InChI is InChI=1S/C14H19NO4/c1-4-8-15-13(16)10(3)19-12-7-5-6-11(9(12)2)14(17)18/h5-7,10H,4,8H2,1-3H3,(H,15,16)(H,17,18). The van der Waals surface area contributed by atoms with Crippen molar-refractivity contribution in [3.05, 3.63) is 29.3 Å². The molecule has 1 rings (SSSR count). The van der Waals surface area contributed by atoms with E-state index in [0.717, 1.165) is 6.42 Å². The van der Waals surface area contributed by atoms with Crippen LogP contribution < -0.4 is 10.1 Å². The van der Waals surface area contributed by atoms with E-state index >= 15 is 0 Å². The molecule has 1 atom stereocenters. The van der Waals surface area contributed by atoms with Crippen molar-refractivity contribution in [3.63, 3.8) is 0 Å². The quantitative estimate of drug-likeness (QED) is 0.824. The molecule has 19 heavy (non-hydrogen) atoms. The van der Waals surface area contributed by atoms with Gasteiger partial charge in [0, 0.05) is 12.1 Å².